The Bertz CT molecular complexity index is 663. The highest BCUT2D eigenvalue weighted by Crippen LogP contribution is 2.37. The molecule has 1 aliphatic rings. The van der Waals surface area contributed by atoms with Gasteiger partial charge in [-0.15, -0.1) is 11.3 Å². The van der Waals surface area contributed by atoms with Crippen LogP contribution in [0.15, 0.2) is 30.3 Å². The molecule has 3 nitrogen and oxygen atoms in total. The van der Waals surface area contributed by atoms with Crippen LogP contribution in [0.5, 0.6) is 0 Å². The van der Waals surface area contributed by atoms with Gasteiger partial charge in [-0.1, -0.05) is 29.8 Å². The Kier molecular flexibility index (Phi) is 3.91. The quantitative estimate of drug-likeness (QED) is 0.898. The molecule has 2 heterocycles. The molecule has 1 fully saturated rings. The average Bonchev–Trinajstić information content (AvgIpc) is 3.06. The first kappa shape index (κ1) is 14.4. The third-order valence-electron chi connectivity index (χ3n) is 3.94. The van der Waals surface area contributed by atoms with E-state index in [9.17, 15) is 4.79 Å². The second-order valence-corrected chi connectivity index (χ2v) is 6.96. The molecule has 1 aromatic carbocycles. The lowest BCUT2D eigenvalue weighted by Gasteiger charge is -2.25. The van der Waals surface area contributed by atoms with Crippen molar-refractivity contribution in [2.75, 3.05) is 12.3 Å². The highest BCUT2D eigenvalue weighted by molar-refractivity contribution is 7.14. The summed E-state index contributed by atoms with van der Waals surface area (Å²) in [5.41, 5.74) is 7.59. The van der Waals surface area contributed by atoms with Gasteiger partial charge in [0.25, 0.3) is 5.91 Å². The van der Waals surface area contributed by atoms with E-state index in [-0.39, 0.29) is 11.9 Å². The monoisotopic (exact) mass is 320 g/mol. The van der Waals surface area contributed by atoms with Gasteiger partial charge in [-0.05, 0) is 37.5 Å². The van der Waals surface area contributed by atoms with Gasteiger partial charge in [-0.3, -0.25) is 4.79 Å². The molecular formula is C16H17ClN2OS. The third kappa shape index (κ3) is 2.65. The van der Waals surface area contributed by atoms with Crippen LogP contribution in [0.1, 0.15) is 39.0 Å². The second kappa shape index (κ2) is 5.70. The van der Waals surface area contributed by atoms with Gasteiger partial charge in [0.15, 0.2) is 0 Å². The highest BCUT2D eigenvalue weighted by Gasteiger charge is 2.32. The number of carbonyl (C=O) groups is 1. The van der Waals surface area contributed by atoms with E-state index < -0.39 is 0 Å². The lowest BCUT2D eigenvalue weighted by Crippen LogP contribution is -2.30. The van der Waals surface area contributed by atoms with Crippen LogP contribution < -0.4 is 5.73 Å². The van der Waals surface area contributed by atoms with Crippen molar-refractivity contribution in [3.8, 4) is 0 Å². The number of benzene rings is 1. The van der Waals surface area contributed by atoms with Crippen LogP contribution in [-0.4, -0.2) is 17.4 Å². The minimum atomic E-state index is 0.0576. The number of hydrogen-bond acceptors (Lipinski definition) is 3. The maximum atomic E-state index is 12.7. The fraction of sp³-hybridized carbons (Fsp3) is 0.312. The number of halogens is 1. The fourth-order valence-electron chi connectivity index (χ4n) is 2.82. The SMILES string of the molecule is Cc1sc(C(=O)N2CCCC2c2ccccc2Cl)cc1N. The number of amides is 1. The van der Waals surface area contributed by atoms with Crippen molar-refractivity contribution in [3.05, 3.63) is 50.7 Å². The van der Waals surface area contributed by atoms with E-state index in [1.807, 2.05) is 36.1 Å². The molecule has 1 aromatic heterocycles. The Morgan fingerprint density at radius 3 is 2.86 bits per heavy atom. The molecule has 1 aliphatic heterocycles. The van der Waals surface area contributed by atoms with E-state index in [0.717, 1.165) is 34.8 Å². The maximum absolute atomic E-state index is 12.7. The summed E-state index contributed by atoms with van der Waals surface area (Å²) in [7, 11) is 0. The van der Waals surface area contributed by atoms with E-state index in [1.54, 1.807) is 6.07 Å². The lowest BCUT2D eigenvalue weighted by molar-refractivity contribution is 0.0740. The number of anilines is 1. The molecule has 0 bridgehead atoms. The molecular weight excluding hydrogens is 304 g/mol. The summed E-state index contributed by atoms with van der Waals surface area (Å²) >= 11 is 7.76. The summed E-state index contributed by atoms with van der Waals surface area (Å²) in [5, 5.41) is 0.726. The molecule has 110 valence electrons. The highest BCUT2D eigenvalue weighted by atomic mass is 35.5. The number of thiophene rings is 1. The van der Waals surface area contributed by atoms with Gasteiger partial charge in [-0.25, -0.2) is 0 Å². The smallest absolute Gasteiger partial charge is 0.264 e. The van der Waals surface area contributed by atoms with Gasteiger partial charge in [0.2, 0.25) is 0 Å². The number of carbonyl (C=O) groups excluding carboxylic acids is 1. The number of rotatable bonds is 2. The molecule has 0 saturated carbocycles. The minimum absolute atomic E-state index is 0.0576. The van der Waals surface area contributed by atoms with Gasteiger partial charge in [0.05, 0.1) is 10.9 Å². The molecule has 0 radical (unpaired) electrons. The van der Waals surface area contributed by atoms with Crippen LogP contribution in [0.4, 0.5) is 5.69 Å². The lowest BCUT2D eigenvalue weighted by atomic mass is 10.0. The molecule has 1 unspecified atom stereocenters. The Morgan fingerprint density at radius 2 is 2.19 bits per heavy atom. The minimum Gasteiger partial charge on any atom is -0.398 e. The zero-order valence-corrected chi connectivity index (χ0v) is 13.4. The van der Waals surface area contributed by atoms with Crippen molar-refractivity contribution in [1.29, 1.82) is 0 Å². The van der Waals surface area contributed by atoms with Crippen LogP contribution in [-0.2, 0) is 0 Å². The summed E-state index contributed by atoms with van der Waals surface area (Å²) in [6, 6.07) is 9.61. The molecule has 2 N–H and O–H groups in total. The summed E-state index contributed by atoms with van der Waals surface area (Å²) in [6.45, 7) is 2.71. The van der Waals surface area contributed by atoms with E-state index in [2.05, 4.69) is 0 Å². The van der Waals surface area contributed by atoms with Gasteiger partial charge < -0.3 is 10.6 Å². The number of hydrogen-bond donors (Lipinski definition) is 1. The topological polar surface area (TPSA) is 46.3 Å². The summed E-state index contributed by atoms with van der Waals surface area (Å²) < 4.78 is 0. The first-order chi connectivity index (χ1) is 10.1. The number of nitrogen functional groups attached to an aromatic ring is 1. The molecule has 5 heteroatoms. The molecule has 0 aliphatic carbocycles. The van der Waals surface area contributed by atoms with Crippen LogP contribution in [0.2, 0.25) is 5.02 Å². The predicted molar refractivity (Wildman–Crippen MR) is 87.9 cm³/mol. The van der Waals surface area contributed by atoms with Gasteiger partial charge in [0, 0.05) is 22.1 Å². The van der Waals surface area contributed by atoms with E-state index in [1.165, 1.54) is 11.3 Å². The zero-order chi connectivity index (χ0) is 15.0. The van der Waals surface area contributed by atoms with Crippen LogP contribution in [0.3, 0.4) is 0 Å². The first-order valence-electron chi connectivity index (χ1n) is 6.99. The van der Waals surface area contributed by atoms with E-state index in [0.29, 0.717) is 10.6 Å². The second-order valence-electron chi connectivity index (χ2n) is 5.30. The summed E-state index contributed by atoms with van der Waals surface area (Å²) in [4.78, 5) is 16.4. The molecule has 1 saturated heterocycles. The van der Waals surface area contributed by atoms with Crippen molar-refractivity contribution in [2.45, 2.75) is 25.8 Å². The first-order valence-corrected chi connectivity index (χ1v) is 8.18. The molecule has 1 amide bonds. The number of aryl methyl sites for hydroxylation is 1. The van der Waals surface area contributed by atoms with Crippen molar-refractivity contribution in [1.82, 2.24) is 4.90 Å². The van der Waals surface area contributed by atoms with Gasteiger partial charge >= 0.3 is 0 Å². The van der Waals surface area contributed by atoms with Crippen LogP contribution >= 0.6 is 22.9 Å². The van der Waals surface area contributed by atoms with E-state index in [4.69, 9.17) is 17.3 Å². The van der Waals surface area contributed by atoms with Crippen molar-refractivity contribution in [2.24, 2.45) is 0 Å². The summed E-state index contributed by atoms with van der Waals surface area (Å²) in [6.07, 6.45) is 1.96. The molecule has 1 atom stereocenters. The Hall–Kier alpha value is -1.52. The van der Waals surface area contributed by atoms with Gasteiger partial charge in [0.1, 0.15) is 0 Å². The maximum Gasteiger partial charge on any atom is 0.264 e. The van der Waals surface area contributed by atoms with E-state index >= 15 is 0 Å². The Labute approximate surface area is 133 Å². The normalized spacial score (nSPS) is 18.2. The number of nitrogens with two attached hydrogens (primary N) is 1. The van der Waals surface area contributed by atoms with Crippen molar-refractivity contribution in [3.63, 3.8) is 0 Å². The fourth-order valence-corrected chi connectivity index (χ4v) is 3.98. The Balaban J connectivity index is 1.90. The molecule has 21 heavy (non-hydrogen) atoms. The standard InChI is InChI=1S/C16H17ClN2OS/c1-10-13(18)9-15(21-10)16(20)19-8-4-7-14(19)11-5-2-3-6-12(11)17/h2-3,5-6,9,14H,4,7-8,18H2,1H3. The largest absolute Gasteiger partial charge is 0.398 e. The molecule has 3 rings (SSSR count). The zero-order valence-electron chi connectivity index (χ0n) is 11.8. The number of nitrogens with zero attached hydrogens (tertiary/aromatic N) is 1. The average molecular weight is 321 g/mol. The Morgan fingerprint density at radius 1 is 1.43 bits per heavy atom. The molecule has 0 spiro atoms. The number of likely N-dealkylation sites (tertiary alicyclic amines) is 1. The molecule has 2 aromatic rings. The third-order valence-corrected chi connectivity index (χ3v) is 5.34. The summed E-state index contributed by atoms with van der Waals surface area (Å²) in [5.74, 6) is 0.0576. The van der Waals surface area contributed by atoms with Gasteiger partial charge in [-0.2, -0.15) is 0 Å². The van der Waals surface area contributed by atoms with Crippen LogP contribution in [0.25, 0.3) is 0 Å². The van der Waals surface area contributed by atoms with Crippen molar-refractivity contribution >= 4 is 34.5 Å². The van der Waals surface area contributed by atoms with Crippen molar-refractivity contribution < 1.29 is 4.79 Å². The predicted octanol–water partition coefficient (Wildman–Crippen LogP) is 4.27. The van der Waals surface area contributed by atoms with Crippen LogP contribution in [0, 0.1) is 6.92 Å².